The van der Waals surface area contributed by atoms with Crippen LogP contribution in [-0.2, 0) is 4.79 Å². The number of hydrogen-bond acceptors (Lipinski definition) is 2. The van der Waals surface area contributed by atoms with Crippen molar-refractivity contribution >= 4 is 18.5 Å². The molecule has 4 nitrogen and oxygen atoms in total. The second-order valence-electron chi connectivity index (χ2n) is 0.810. The molecule has 0 saturated carbocycles. The Kier molecular flexibility index (Phi) is 2.50. The number of hydrogen-bond donors (Lipinski definition) is 2. The van der Waals surface area contributed by atoms with Crippen molar-refractivity contribution in [1.82, 2.24) is 0 Å². The van der Waals surface area contributed by atoms with Crippen molar-refractivity contribution in [2.24, 2.45) is 10.7 Å². The summed E-state index contributed by atoms with van der Waals surface area (Å²) in [5.41, 5.74) is 4.59. The summed E-state index contributed by atoms with van der Waals surface area (Å²) in [5, 5.41) is 6.27. The molecule has 0 spiro atoms. The SMILES string of the molecule is N=CN=CC(N)=O. The molecule has 38 valence electrons. The maximum Gasteiger partial charge on any atom is 0.259 e. The van der Waals surface area contributed by atoms with Crippen LogP contribution in [0.1, 0.15) is 0 Å². The minimum absolute atomic E-state index is 0.636. The number of carbonyl (C=O) groups excluding carboxylic acids is 1. The molecule has 0 aromatic rings. The van der Waals surface area contributed by atoms with Gasteiger partial charge in [-0.25, -0.2) is 4.99 Å². The molecule has 0 aromatic heterocycles. The monoisotopic (exact) mass is 99.0 g/mol. The topological polar surface area (TPSA) is 79.3 Å². The number of amides is 1. The van der Waals surface area contributed by atoms with E-state index in [9.17, 15) is 4.79 Å². The Morgan fingerprint density at radius 3 is 2.57 bits per heavy atom. The van der Waals surface area contributed by atoms with E-state index in [-0.39, 0.29) is 0 Å². The molecule has 0 atom stereocenters. The zero-order chi connectivity index (χ0) is 5.70. The second-order valence-corrected chi connectivity index (χ2v) is 0.810. The summed E-state index contributed by atoms with van der Waals surface area (Å²) < 4.78 is 0. The number of aliphatic imine (C=N–C) groups is 1. The summed E-state index contributed by atoms with van der Waals surface area (Å²) >= 11 is 0. The predicted molar refractivity (Wildman–Crippen MR) is 26.5 cm³/mol. The van der Waals surface area contributed by atoms with Gasteiger partial charge in [-0.3, -0.25) is 10.2 Å². The van der Waals surface area contributed by atoms with Crippen LogP contribution in [0.3, 0.4) is 0 Å². The van der Waals surface area contributed by atoms with Gasteiger partial charge in [-0.15, -0.1) is 0 Å². The molecule has 1 amide bonds. The molecule has 0 aliphatic carbocycles. The molecule has 0 fully saturated rings. The zero-order valence-corrected chi connectivity index (χ0v) is 3.59. The van der Waals surface area contributed by atoms with E-state index in [0.717, 1.165) is 12.6 Å². The van der Waals surface area contributed by atoms with Crippen molar-refractivity contribution in [2.45, 2.75) is 0 Å². The normalized spacial score (nSPS) is 9.14. The van der Waals surface area contributed by atoms with Crippen molar-refractivity contribution in [2.75, 3.05) is 0 Å². The molecule has 7 heavy (non-hydrogen) atoms. The first-order chi connectivity index (χ1) is 3.27. The molecule has 0 aromatic carbocycles. The van der Waals surface area contributed by atoms with Crippen molar-refractivity contribution in [3.63, 3.8) is 0 Å². The molecule has 4 heteroatoms. The van der Waals surface area contributed by atoms with Gasteiger partial charge in [0.05, 0.1) is 6.21 Å². The van der Waals surface area contributed by atoms with E-state index in [4.69, 9.17) is 5.41 Å². The van der Waals surface area contributed by atoms with Crippen molar-refractivity contribution < 1.29 is 4.79 Å². The molecule has 0 rings (SSSR count). The summed E-state index contributed by atoms with van der Waals surface area (Å²) in [6, 6.07) is 0. The predicted octanol–water partition coefficient (Wildman–Crippen LogP) is -0.850. The Balaban J connectivity index is 3.46. The number of nitrogens with two attached hydrogens (primary N) is 1. The first kappa shape index (κ1) is 5.81. The number of nitrogens with zero attached hydrogens (tertiary/aromatic N) is 1. The molecule has 0 aliphatic heterocycles. The van der Waals surface area contributed by atoms with Crippen LogP contribution in [0.2, 0.25) is 0 Å². The fourth-order valence-corrected chi connectivity index (χ4v) is 0.111. The highest BCUT2D eigenvalue weighted by atomic mass is 16.1. The van der Waals surface area contributed by atoms with Crippen LogP contribution in [0.25, 0.3) is 0 Å². The molecule has 0 bridgehead atoms. The standard InChI is InChI=1S/C3H5N3O/c4-2-6-1-3(5)7/h1-2,4H,(H2,5,7). The number of primary amides is 1. The second kappa shape index (κ2) is 3.02. The summed E-state index contributed by atoms with van der Waals surface area (Å²) in [6.07, 6.45) is 1.61. The summed E-state index contributed by atoms with van der Waals surface area (Å²) in [4.78, 5) is 12.8. The molecular formula is C3H5N3O. The molecule has 0 radical (unpaired) electrons. The molecule has 0 saturated heterocycles. The number of rotatable bonds is 2. The van der Waals surface area contributed by atoms with Crippen LogP contribution in [0, 0.1) is 5.41 Å². The Bertz CT molecular complexity index is 107. The lowest BCUT2D eigenvalue weighted by Crippen LogP contribution is -2.11. The van der Waals surface area contributed by atoms with Crippen LogP contribution in [0.15, 0.2) is 4.99 Å². The fourth-order valence-electron chi connectivity index (χ4n) is 0.111. The quantitative estimate of drug-likeness (QED) is 0.343. The minimum Gasteiger partial charge on any atom is -0.365 e. The van der Waals surface area contributed by atoms with Gasteiger partial charge in [0, 0.05) is 0 Å². The van der Waals surface area contributed by atoms with Gasteiger partial charge in [0.15, 0.2) is 0 Å². The van der Waals surface area contributed by atoms with Gasteiger partial charge in [-0.05, 0) is 0 Å². The van der Waals surface area contributed by atoms with Gasteiger partial charge in [-0.2, -0.15) is 0 Å². The first-order valence-corrected chi connectivity index (χ1v) is 1.59. The van der Waals surface area contributed by atoms with Gasteiger partial charge >= 0.3 is 0 Å². The van der Waals surface area contributed by atoms with Crippen LogP contribution in [0.5, 0.6) is 0 Å². The van der Waals surface area contributed by atoms with Crippen LogP contribution in [-0.4, -0.2) is 18.5 Å². The third kappa shape index (κ3) is 4.81. The third-order valence-corrected chi connectivity index (χ3v) is 0.276. The lowest BCUT2D eigenvalue weighted by molar-refractivity contribution is -0.111. The van der Waals surface area contributed by atoms with Crippen LogP contribution >= 0.6 is 0 Å². The summed E-state index contributed by atoms with van der Waals surface area (Å²) in [6.45, 7) is 0. The highest BCUT2D eigenvalue weighted by molar-refractivity contribution is 6.26. The van der Waals surface area contributed by atoms with E-state index in [2.05, 4.69) is 10.7 Å². The number of carbonyl (C=O) groups is 1. The van der Waals surface area contributed by atoms with Gasteiger partial charge in [0.25, 0.3) is 5.91 Å². The third-order valence-electron chi connectivity index (χ3n) is 0.276. The van der Waals surface area contributed by atoms with Crippen molar-refractivity contribution in [3.05, 3.63) is 0 Å². The maximum atomic E-state index is 9.73. The lowest BCUT2D eigenvalue weighted by atomic mass is 10.7. The number of nitrogens with one attached hydrogen (secondary N) is 1. The van der Waals surface area contributed by atoms with Gasteiger partial charge < -0.3 is 5.73 Å². The van der Waals surface area contributed by atoms with E-state index in [1.807, 2.05) is 0 Å². The summed E-state index contributed by atoms with van der Waals surface area (Å²) in [5.74, 6) is -0.636. The zero-order valence-electron chi connectivity index (χ0n) is 3.59. The Labute approximate surface area is 40.6 Å². The minimum atomic E-state index is -0.636. The Morgan fingerprint density at radius 2 is 2.43 bits per heavy atom. The van der Waals surface area contributed by atoms with Crippen molar-refractivity contribution in [1.29, 1.82) is 5.41 Å². The van der Waals surface area contributed by atoms with Crippen molar-refractivity contribution in [3.8, 4) is 0 Å². The average Bonchev–Trinajstić information content (AvgIpc) is 1.61. The molecular weight excluding hydrogens is 94.1 g/mol. The lowest BCUT2D eigenvalue weighted by Gasteiger charge is -1.70. The highest BCUT2D eigenvalue weighted by Crippen LogP contribution is 1.49. The maximum absolute atomic E-state index is 9.73. The van der Waals surface area contributed by atoms with E-state index < -0.39 is 5.91 Å². The largest absolute Gasteiger partial charge is 0.365 e. The average molecular weight is 99.1 g/mol. The van der Waals surface area contributed by atoms with E-state index in [1.54, 1.807) is 0 Å². The van der Waals surface area contributed by atoms with Crippen LogP contribution in [0.4, 0.5) is 0 Å². The van der Waals surface area contributed by atoms with E-state index in [1.165, 1.54) is 0 Å². The van der Waals surface area contributed by atoms with Gasteiger partial charge in [0.1, 0.15) is 6.34 Å². The molecule has 0 unspecified atom stereocenters. The van der Waals surface area contributed by atoms with E-state index >= 15 is 0 Å². The molecule has 0 heterocycles. The summed E-state index contributed by atoms with van der Waals surface area (Å²) in [7, 11) is 0. The van der Waals surface area contributed by atoms with Gasteiger partial charge in [0.2, 0.25) is 0 Å². The van der Waals surface area contributed by atoms with Crippen LogP contribution < -0.4 is 5.73 Å². The molecule has 3 N–H and O–H groups in total. The van der Waals surface area contributed by atoms with E-state index in [0.29, 0.717) is 0 Å². The molecule has 0 aliphatic rings. The first-order valence-electron chi connectivity index (χ1n) is 1.59. The van der Waals surface area contributed by atoms with Gasteiger partial charge in [-0.1, -0.05) is 0 Å². The Morgan fingerprint density at radius 1 is 1.86 bits per heavy atom. The fraction of sp³-hybridized carbons (Fsp3) is 0. The highest BCUT2D eigenvalue weighted by Gasteiger charge is 1.76. The smallest absolute Gasteiger partial charge is 0.259 e. The Hall–Kier alpha value is -1.19.